The molecule has 8 heteroatoms. The number of nitrogens with zero attached hydrogens (tertiary/aromatic N) is 8. The Hall–Kier alpha value is -10.7. The third-order valence-electron chi connectivity index (χ3n) is 16.5. The molecule has 17 rings (SSSR count). The minimum absolute atomic E-state index is 0.0362. The lowest BCUT2D eigenvalue weighted by Crippen LogP contribution is -2.25. The van der Waals surface area contributed by atoms with Crippen LogP contribution in [0.2, 0.25) is 0 Å². The van der Waals surface area contributed by atoms with Crippen molar-refractivity contribution in [3.63, 3.8) is 0 Å². The van der Waals surface area contributed by atoms with E-state index < -0.39 is 0 Å². The van der Waals surface area contributed by atoms with E-state index in [2.05, 4.69) is 285 Å². The molecule has 3 aliphatic rings. The molecule has 0 spiro atoms. The molecule has 0 aliphatic heterocycles. The minimum Gasteiger partial charge on any atom is -0.299 e. The van der Waals surface area contributed by atoms with Gasteiger partial charge in [-0.05, 0) is 130 Å². The highest BCUT2D eigenvalue weighted by atomic mass is 15.0. The number of fused-ring (bicyclic) bond motifs is 6. The molecule has 0 fully saturated rings. The Balaban J connectivity index is 0.969. The first-order valence-corrected chi connectivity index (χ1v) is 27.3. The molecule has 14 aromatic rings. The zero-order valence-corrected chi connectivity index (χ0v) is 43.1. The van der Waals surface area contributed by atoms with Crippen molar-refractivity contribution in [1.29, 1.82) is 0 Å². The molecular formula is C72H46N8. The van der Waals surface area contributed by atoms with Gasteiger partial charge in [0.25, 0.3) is 0 Å². The summed E-state index contributed by atoms with van der Waals surface area (Å²) in [5.41, 5.74) is 21.3. The lowest BCUT2D eigenvalue weighted by atomic mass is 9.63. The number of aromatic nitrogens is 8. The predicted molar refractivity (Wildman–Crippen MR) is 323 cm³/mol. The zero-order chi connectivity index (χ0) is 52.4. The number of imidazole rings is 4. The topological polar surface area (TPSA) is 69.2 Å². The van der Waals surface area contributed by atoms with Crippen LogP contribution in [0.15, 0.2) is 273 Å². The summed E-state index contributed by atoms with van der Waals surface area (Å²) in [5, 5.41) is 2.35. The molecule has 6 aromatic carbocycles. The maximum absolute atomic E-state index is 5.58. The van der Waals surface area contributed by atoms with Crippen LogP contribution in [0.4, 0.5) is 0 Å². The predicted octanol–water partition coefficient (Wildman–Crippen LogP) is 16.7. The lowest BCUT2D eigenvalue weighted by molar-refractivity contribution is 0.687. The molecule has 2 unspecified atom stereocenters. The summed E-state index contributed by atoms with van der Waals surface area (Å²) in [7, 11) is 0. The molecule has 0 bridgehead atoms. The average Bonchev–Trinajstić information content (AvgIpc) is 4.43. The van der Waals surface area contributed by atoms with Crippen molar-refractivity contribution in [1.82, 2.24) is 37.5 Å². The number of hydrogen-bond acceptors (Lipinski definition) is 4. The molecule has 8 heterocycles. The first kappa shape index (κ1) is 44.4. The van der Waals surface area contributed by atoms with Crippen molar-refractivity contribution >= 4 is 49.6 Å². The van der Waals surface area contributed by atoms with Gasteiger partial charge >= 0.3 is 0 Å². The first-order chi connectivity index (χ1) is 39.7. The summed E-state index contributed by atoms with van der Waals surface area (Å²) in [4.78, 5) is 22.3. The highest BCUT2D eigenvalue weighted by molar-refractivity contribution is 6.09. The normalized spacial score (nSPS) is 15.6. The molecule has 2 atom stereocenters. The van der Waals surface area contributed by atoms with E-state index in [1.807, 2.05) is 0 Å². The van der Waals surface area contributed by atoms with E-state index in [9.17, 15) is 0 Å². The minimum atomic E-state index is -0.0744. The number of rotatable bonds is 8. The van der Waals surface area contributed by atoms with E-state index in [0.717, 1.165) is 118 Å². The fourth-order valence-corrected chi connectivity index (χ4v) is 13.1. The second-order valence-electron chi connectivity index (χ2n) is 21.1. The third-order valence-corrected chi connectivity index (χ3v) is 16.5. The second kappa shape index (κ2) is 17.4. The molecule has 0 N–H and O–H groups in total. The van der Waals surface area contributed by atoms with Gasteiger partial charge in [-0.25, -0.2) is 19.9 Å². The van der Waals surface area contributed by atoms with Crippen molar-refractivity contribution in [3.8, 4) is 68.1 Å². The van der Waals surface area contributed by atoms with Crippen LogP contribution in [0.1, 0.15) is 28.4 Å². The molecule has 0 saturated carbocycles. The van der Waals surface area contributed by atoms with Crippen LogP contribution in [-0.4, -0.2) is 37.5 Å². The van der Waals surface area contributed by atoms with Gasteiger partial charge < -0.3 is 0 Å². The summed E-state index contributed by atoms with van der Waals surface area (Å²) in [6, 6.07) is 77.3. The van der Waals surface area contributed by atoms with Gasteiger partial charge in [0.15, 0.2) is 0 Å². The Morgan fingerprint density at radius 3 is 1.16 bits per heavy atom. The molecule has 374 valence electrons. The quantitative estimate of drug-likeness (QED) is 0.152. The Morgan fingerprint density at radius 1 is 0.325 bits per heavy atom. The fraction of sp³-hybridized carbons (Fsp3) is 0.0278. The Labute approximate surface area is 460 Å². The van der Waals surface area contributed by atoms with Gasteiger partial charge in [0.05, 0.1) is 44.8 Å². The van der Waals surface area contributed by atoms with Crippen molar-refractivity contribution in [2.24, 2.45) is 5.92 Å². The van der Waals surface area contributed by atoms with Crippen LogP contribution < -0.4 is 0 Å². The van der Waals surface area contributed by atoms with Gasteiger partial charge in [-0.1, -0.05) is 152 Å². The van der Waals surface area contributed by atoms with E-state index in [1.54, 1.807) is 0 Å². The van der Waals surface area contributed by atoms with Gasteiger partial charge in [-0.2, -0.15) is 0 Å². The van der Waals surface area contributed by atoms with E-state index in [0.29, 0.717) is 0 Å². The summed E-state index contributed by atoms with van der Waals surface area (Å²) in [6.07, 6.45) is 18.3. The highest BCUT2D eigenvalue weighted by Gasteiger charge is 2.41. The third kappa shape index (κ3) is 6.75. The summed E-state index contributed by atoms with van der Waals surface area (Å²) < 4.78 is 8.93. The Morgan fingerprint density at radius 2 is 0.713 bits per heavy atom. The van der Waals surface area contributed by atoms with E-state index >= 15 is 0 Å². The van der Waals surface area contributed by atoms with Crippen LogP contribution in [0.25, 0.3) is 118 Å². The van der Waals surface area contributed by atoms with Gasteiger partial charge in [0.2, 0.25) is 0 Å². The molecular weight excluding hydrogens is 977 g/mol. The summed E-state index contributed by atoms with van der Waals surface area (Å²) in [6.45, 7) is 0. The Kier molecular flexibility index (Phi) is 9.67. The molecule has 8 aromatic heterocycles. The van der Waals surface area contributed by atoms with E-state index in [-0.39, 0.29) is 11.8 Å². The van der Waals surface area contributed by atoms with Crippen LogP contribution in [0.3, 0.4) is 0 Å². The zero-order valence-electron chi connectivity index (χ0n) is 43.1. The largest absolute Gasteiger partial charge is 0.299 e. The SMILES string of the molecule is C1=C(c2nc(-c3ccccc3)n3ccccc23)C=C2c3cc(-c4nc(-c5ccccc5)n5ccccc45)cc4cc(-c5nc(-c6ccccc6)n6ccccc56)cc(c34)C3C=C(c4nc(-c5ccccc5)n5ccccc45)C=C1C23. The average molecular weight is 1020 g/mol. The van der Waals surface area contributed by atoms with Crippen molar-refractivity contribution in [3.05, 3.63) is 296 Å². The fourth-order valence-electron chi connectivity index (χ4n) is 13.1. The van der Waals surface area contributed by atoms with Crippen molar-refractivity contribution in [2.75, 3.05) is 0 Å². The monoisotopic (exact) mass is 1020 g/mol. The summed E-state index contributed by atoms with van der Waals surface area (Å²) in [5.74, 6) is 3.50. The lowest BCUT2D eigenvalue weighted by Gasteiger charge is -2.40. The van der Waals surface area contributed by atoms with Crippen LogP contribution >= 0.6 is 0 Å². The number of benzene rings is 6. The summed E-state index contributed by atoms with van der Waals surface area (Å²) >= 11 is 0. The molecule has 8 nitrogen and oxygen atoms in total. The van der Waals surface area contributed by atoms with Crippen LogP contribution in [0, 0.1) is 5.92 Å². The Bertz CT molecular complexity index is 4990. The molecule has 0 amide bonds. The van der Waals surface area contributed by atoms with E-state index in [1.165, 1.54) is 27.7 Å². The van der Waals surface area contributed by atoms with Crippen LogP contribution in [-0.2, 0) is 0 Å². The molecule has 3 aliphatic carbocycles. The maximum atomic E-state index is 5.58. The second-order valence-corrected chi connectivity index (χ2v) is 21.1. The molecule has 0 radical (unpaired) electrons. The van der Waals surface area contributed by atoms with Gasteiger partial charge in [0, 0.05) is 75.6 Å². The first-order valence-electron chi connectivity index (χ1n) is 27.3. The number of hydrogen-bond donors (Lipinski definition) is 0. The standard InChI is InChI=1S/C72H46N8/c1-5-21-45(22-6-1)69-73-65(59-29-13-17-33-77(59)69)51-37-49-38-52(66-60-30-14-18-34-78(60)70(74-66)46-23-7-2-8-24-46)43-57-58-44-54(68-62-32-16-20-36-80(62)72(76-68)48-27-11-4-12-28-48)40-50-39-53(42-56(64(50)58)55(41-51)63(49)57)67-61-31-15-19-35-79(61)71(75-67)47-25-9-3-10-26-47/h1-44,55,63H. The van der Waals surface area contributed by atoms with Gasteiger partial charge in [0.1, 0.15) is 23.3 Å². The number of pyridine rings is 4. The maximum Gasteiger partial charge on any atom is 0.145 e. The molecule has 80 heavy (non-hydrogen) atoms. The van der Waals surface area contributed by atoms with Crippen molar-refractivity contribution in [2.45, 2.75) is 5.92 Å². The highest BCUT2D eigenvalue weighted by Crippen LogP contribution is 2.58. The van der Waals surface area contributed by atoms with Crippen molar-refractivity contribution < 1.29 is 0 Å². The van der Waals surface area contributed by atoms with E-state index in [4.69, 9.17) is 19.9 Å². The van der Waals surface area contributed by atoms with Gasteiger partial charge in [-0.3, -0.25) is 17.6 Å². The molecule has 0 saturated heterocycles. The van der Waals surface area contributed by atoms with Crippen LogP contribution in [0.5, 0.6) is 0 Å². The number of allylic oxidation sites excluding steroid dienone is 8. The van der Waals surface area contributed by atoms with Gasteiger partial charge in [-0.15, -0.1) is 0 Å². The smallest absolute Gasteiger partial charge is 0.145 e.